The van der Waals surface area contributed by atoms with Crippen molar-refractivity contribution >= 4 is 0 Å². The van der Waals surface area contributed by atoms with Crippen LogP contribution in [-0.2, 0) is 4.74 Å². The zero-order valence-electron chi connectivity index (χ0n) is 8.18. The Hall–Kier alpha value is -0.0800. The molecule has 1 N–H and O–H groups in total. The second-order valence-corrected chi connectivity index (χ2v) is 2.97. The number of nitrogens with one attached hydrogen (secondary N) is 1. The first-order valence-corrected chi connectivity index (χ1v) is 4.56. The molecule has 0 aromatic rings. The summed E-state index contributed by atoms with van der Waals surface area (Å²) < 4.78 is 5.64. The lowest BCUT2D eigenvalue weighted by atomic mass is 10.3. The molecule has 0 aliphatic carbocycles. The standard InChI is InChI=1S/C9H21NO/c1-5-8(3)11-9(4)7-10-6-2/h8-10H,5-7H2,1-4H3. The molecular weight excluding hydrogens is 138 g/mol. The van der Waals surface area contributed by atoms with Crippen molar-refractivity contribution in [3.8, 4) is 0 Å². The average molecular weight is 159 g/mol. The molecule has 0 fully saturated rings. The summed E-state index contributed by atoms with van der Waals surface area (Å²) in [6, 6.07) is 0. The fourth-order valence-electron chi connectivity index (χ4n) is 0.889. The summed E-state index contributed by atoms with van der Waals surface area (Å²) in [5.74, 6) is 0. The van der Waals surface area contributed by atoms with E-state index < -0.39 is 0 Å². The Bertz CT molecular complexity index is 85.6. The Balaban J connectivity index is 3.27. The van der Waals surface area contributed by atoms with E-state index in [1.165, 1.54) is 0 Å². The van der Waals surface area contributed by atoms with Crippen molar-refractivity contribution in [3.63, 3.8) is 0 Å². The van der Waals surface area contributed by atoms with Gasteiger partial charge in [-0.1, -0.05) is 13.8 Å². The number of likely N-dealkylation sites (N-methyl/N-ethyl adjacent to an activating group) is 1. The molecule has 0 aliphatic rings. The van der Waals surface area contributed by atoms with Crippen molar-refractivity contribution in [2.24, 2.45) is 0 Å². The molecule has 11 heavy (non-hydrogen) atoms. The summed E-state index contributed by atoms with van der Waals surface area (Å²) >= 11 is 0. The lowest BCUT2D eigenvalue weighted by Gasteiger charge is -2.17. The largest absolute Gasteiger partial charge is 0.374 e. The third kappa shape index (κ3) is 6.32. The van der Waals surface area contributed by atoms with E-state index in [2.05, 4.69) is 33.0 Å². The molecule has 68 valence electrons. The van der Waals surface area contributed by atoms with Crippen molar-refractivity contribution in [2.45, 2.75) is 46.3 Å². The first kappa shape index (κ1) is 10.9. The van der Waals surface area contributed by atoms with E-state index in [4.69, 9.17) is 4.74 Å². The maximum absolute atomic E-state index is 5.64. The summed E-state index contributed by atoms with van der Waals surface area (Å²) in [5, 5.41) is 3.25. The van der Waals surface area contributed by atoms with Gasteiger partial charge in [-0.05, 0) is 26.8 Å². The van der Waals surface area contributed by atoms with Crippen molar-refractivity contribution in [3.05, 3.63) is 0 Å². The molecule has 0 heterocycles. The van der Waals surface area contributed by atoms with Gasteiger partial charge in [0.1, 0.15) is 0 Å². The summed E-state index contributed by atoms with van der Waals surface area (Å²) in [6.07, 6.45) is 1.82. The van der Waals surface area contributed by atoms with Crippen LogP contribution in [0.3, 0.4) is 0 Å². The zero-order valence-corrected chi connectivity index (χ0v) is 8.18. The van der Waals surface area contributed by atoms with Gasteiger partial charge in [0.25, 0.3) is 0 Å². The number of rotatable bonds is 6. The Morgan fingerprint density at radius 3 is 2.27 bits per heavy atom. The monoisotopic (exact) mass is 159 g/mol. The van der Waals surface area contributed by atoms with Crippen LogP contribution in [-0.4, -0.2) is 25.3 Å². The van der Waals surface area contributed by atoms with Gasteiger partial charge in [-0.25, -0.2) is 0 Å². The van der Waals surface area contributed by atoms with Crippen LogP contribution in [0.15, 0.2) is 0 Å². The van der Waals surface area contributed by atoms with Crippen molar-refractivity contribution in [2.75, 3.05) is 13.1 Å². The van der Waals surface area contributed by atoms with Crippen LogP contribution in [0, 0.1) is 0 Å². The first-order chi connectivity index (χ1) is 5.20. The van der Waals surface area contributed by atoms with Gasteiger partial charge in [-0.3, -0.25) is 0 Å². The normalized spacial score (nSPS) is 16.4. The molecule has 0 rings (SSSR count). The molecule has 0 spiro atoms. The molecule has 2 unspecified atom stereocenters. The fraction of sp³-hybridized carbons (Fsp3) is 1.00. The molecular formula is C9H21NO. The maximum atomic E-state index is 5.64. The molecule has 0 aliphatic heterocycles. The van der Waals surface area contributed by atoms with Gasteiger partial charge in [0.05, 0.1) is 12.2 Å². The van der Waals surface area contributed by atoms with Gasteiger partial charge in [-0.15, -0.1) is 0 Å². The molecule has 0 radical (unpaired) electrons. The van der Waals surface area contributed by atoms with Crippen LogP contribution < -0.4 is 5.32 Å². The Labute approximate surface area is 70.3 Å². The molecule has 2 nitrogen and oxygen atoms in total. The smallest absolute Gasteiger partial charge is 0.0674 e. The maximum Gasteiger partial charge on any atom is 0.0674 e. The highest BCUT2D eigenvalue weighted by Crippen LogP contribution is 2.00. The van der Waals surface area contributed by atoms with Gasteiger partial charge in [0, 0.05) is 6.54 Å². The zero-order chi connectivity index (χ0) is 8.69. The molecule has 2 heteroatoms. The Morgan fingerprint density at radius 1 is 1.18 bits per heavy atom. The van der Waals surface area contributed by atoms with E-state index in [1.807, 2.05) is 0 Å². The second-order valence-electron chi connectivity index (χ2n) is 2.97. The number of hydrogen-bond donors (Lipinski definition) is 1. The number of hydrogen-bond acceptors (Lipinski definition) is 2. The van der Waals surface area contributed by atoms with E-state index >= 15 is 0 Å². The molecule has 0 saturated carbocycles. The van der Waals surface area contributed by atoms with Crippen LogP contribution in [0.5, 0.6) is 0 Å². The molecule has 0 aromatic carbocycles. The highest BCUT2D eigenvalue weighted by molar-refractivity contribution is 4.56. The van der Waals surface area contributed by atoms with Gasteiger partial charge in [0.2, 0.25) is 0 Å². The van der Waals surface area contributed by atoms with Crippen LogP contribution in [0.1, 0.15) is 34.1 Å². The molecule has 0 aromatic heterocycles. The first-order valence-electron chi connectivity index (χ1n) is 4.56. The molecule has 0 amide bonds. The Morgan fingerprint density at radius 2 is 1.82 bits per heavy atom. The minimum atomic E-state index is 0.338. The van der Waals surface area contributed by atoms with Crippen molar-refractivity contribution in [1.29, 1.82) is 0 Å². The lowest BCUT2D eigenvalue weighted by Crippen LogP contribution is -2.29. The molecule has 0 saturated heterocycles. The van der Waals surface area contributed by atoms with E-state index in [9.17, 15) is 0 Å². The van der Waals surface area contributed by atoms with Crippen LogP contribution in [0.25, 0.3) is 0 Å². The van der Waals surface area contributed by atoms with Crippen LogP contribution >= 0.6 is 0 Å². The van der Waals surface area contributed by atoms with E-state index in [1.54, 1.807) is 0 Å². The summed E-state index contributed by atoms with van der Waals surface area (Å²) in [7, 11) is 0. The summed E-state index contributed by atoms with van der Waals surface area (Å²) in [5.41, 5.74) is 0. The fourth-order valence-corrected chi connectivity index (χ4v) is 0.889. The van der Waals surface area contributed by atoms with E-state index in [0.717, 1.165) is 19.5 Å². The highest BCUT2D eigenvalue weighted by atomic mass is 16.5. The van der Waals surface area contributed by atoms with Crippen LogP contribution in [0.4, 0.5) is 0 Å². The second kappa shape index (κ2) is 6.62. The molecule has 2 atom stereocenters. The minimum absolute atomic E-state index is 0.338. The quantitative estimate of drug-likeness (QED) is 0.638. The lowest BCUT2D eigenvalue weighted by molar-refractivity contribution is 0.00775. The van der Waals surface area contributed by atoms with Gasteiger partial charge >= 0.3 is 0 Å². The van der Waals surface area contributed by atoms with Crippen LogP contribution in [0.2, 0.25) is 0 Å². The highest BCUT2D eigenvalue weighted by Gasteiger charge is 2.04. The summed E-state index contributed by atoms with van der Waals surface area (Å²) in [4.78, 5) is 0. The SMILES string of the molecule is CCNCC(C)OC(C)CC. The van der Waals surface area contributed by atoms with Gasteiger partial charge < -0.3 is 10.1 Å². The van der Waals surface area contributed by atoms with Gasteiger partial charge in [-0.2, -0.15) is 0 Å². The average Bonchev–Trinajstić information content (AvgIpc) is 2.00. The molecule has 0 bridgehead atoms. The summed E-state index contributed by atoms with van der Waals surface area (Å²) in [6.45, 7) is 10.5. The van der Waals surface area contributed by atoms with Crippen molar-refractivity contribution in [1.82, 2.24) is 5.32 Å². The minimum Gasteiger partial charge on any atom is -0.374 e. The predicted molar refractivity (Wildman–Crippen MR) is 48.8 cm³/mol. The Kier molecular flexibility index (Phi) is 6.57. The number of ether oxygens (including phenoxy) is 1. The van der Waals surface area contributed by atoms with E-state index in [0.29, 0.717) is 12.2 Å². The third-order valence-electron chi connectivity index (χ3n) is 1.72. The third-order valence-corrected chi connectivity index (χ3v) is 1.72. The topological polar surface area (TPSA) is 21.3 Å². The van der Waals surface area contributed by atoms with Gasteiger partial charge in [0.15, 0.2) is 0 Å². The predicted octanol–water partition coefficient (Wildman–Crippen LogP) is 1.80. The van der Waals surface area contributed by atoms with E-state index in [-0.39, 0.29) is 0 Å². The van der Waals surface area contributed by atoms with Crippen molar-refractivity contribution < 1.29 is 4.74 Å².